The van der Waals surface area contributed by atoms with Crippen LogP contribution in [0, 0.1) is 13.8 Å². The minimum absolute atomic E-state index is 0.139. The molecule has 0 aromatic heterocycles. The zero-order chi connectivity index (χ0) is 20.2. The van der Waals surface area contributed by atoms with Crippen LogP contribution in [0.4, 0.5) is 5.69 Å². The molecule has 0 radical (unpaired) electrons. The molecule has 2 aromatic rings. The van der Waals surface area contributed by atoms with E-state index in [1.54, 1.807) is 54.3 Å². The Morgan fingerprint density at radius 3 is 2.15 bits per heavy atom. The van der Waals surface area contributed by atoms with Gasteiger partial charge in [-0.2, -0.15) is 0 Å². The van der Waals surface area contributed by atoms with Crippen molar-refractivity contribution in [1.82, 2.24) is 4.90 Å². The molecule has 0 heterocycles. The van der Waals surface area contributed by atoms with Crippen LogP contribution >= 0.6 is 11.6 Å². The van der Waals surface area contributed by atoms with Gasteiger partial charge in [0, 0.05) is 18.1 Å². The summed E-state index contributed by atoms with van der Waals surface area (Å²) in [7, 11) is -3.93. The zero-order valence-corrected chi connectivity index (χ0v) is 17.6. The number of nitrogens with zero attached hydrogens (tertiary/aromatic N) is 2. The average Bonchev–Trinajstić information content (AvgIpc) is 2.63. The monoisotopic (exact) mass is 408 g/mol. The Morgan fingerprint density at radius 2 is 1.59 bits per heavy atom. The van der Waals surface area contributed by atoms with Crippen molar-refractivity contribution in [2.75, 3.05) is 23.9 Å². The molecule has 5 nitrogen and oxygen atoms in total. The highest BCUT2D eigenvalue weighted by Crippen LogP contribution is 2.31. The maximum atomic E-state index is 13.4. The fraction of sp³-hybridized carbons (Fsp3) is 0.350. The van der Waals surface area contributed by atoms with E-state index in [0.29, 0.717) is 29.4 Å². The first-order valence-electron chi connectivity index (χ1n) is 8.84. The van der Waals surface area contributed by atoms with Crippen LogP contribution in [0.1, 0.15) is 25.0 Å². The molecule has 0 N–H and O–H groups in total. The number of aryl methyl sites for hydroxylation is 1. The van der Waals surface area contributed by atoms with Crippen LogP contribution in [0.5, 0.6) is 0 Å². The highest BCUT2D eigenvalue weighted by Gasteiger charge is 2.29. The van der Waals surface area contributed by atoms with Crippen LogP contribution in [0.2, 0.25) is 5.02 Å². The Hall–Kier alpha value is -2.05. The molecule has 0 saturated carbocycles. The van der Waals surface area contributed by atoms with Gasteiger partial charge in [0.05, 0.1) is 10.6 Å². The molecule has 0 fully saturated rings. The van der Waals surface area contributed by atoms with Gasteiger partial charge in [0.1, 0.15) is 6.54 Å². The normalized spacial score (nSPS) is 11.3. The van der Waals surface area contributed by atoms with Crippen molar-refractivity contribution in [3.63, 3.8) is 0 Å². The number of rotatable bonds is 7. The zero-order valence-electron chi connectivity index (χ0n) is 16.1. The highest BCUT2D eigenvalue weighted by molar-refractivity contribution is 7.92. The van der Waals surface area contributed by atoms with Gasteiger partial charge in [-0.1, -0.05) is 35.4 Å². The third-order valence-corrected chi connectivity index (χ3v) is 6.70. The Kier molecular flexibility index (Phi) is 6.89. The van der Waals surface area contributed by atoms with Gasteiger partial charge in [-0.25, -0.2) is 8.42 Å². The van der Waals surface area contributed by atoms with Crippen molar-refractivity contribution in [3.05, 3.63) is 58.6 Å². The smallest absolute Gasteiger partial charge is 0.264 e. The summed E-state index contributed by atoms with van der Waals surface area (Å²) in [6.07, 6.45) is 0. The van der Waals surface area contributed by atoms with E-state index < -0.39 is 10.0 Å². The van der Waals surface area contributed by atoms with E-state index in [9.17, 15) is 13.2 Å². The molecule has 1 amide bonds. The number of carbonyl (C=O) groups excluding carboxylic acids is 1. The van der Waals surface area contributed by atoms with Crippen molar-refractivity contribution in [2.24, 2.45) is 0 Å². The molecule has 0 aliphatic carbocycles. The molecule has 0 spiro atoms. The Morgan fingerprint density at radius 1 is 1.00 bits per heavy atom. The lowest BCUT2D eigenvalue weighted by Crippen LogP contribution is -2.43. The number of halogens is 1. The molecule has 0 aliphatic rings. The van der Waals surface area contributed by atoms with E-state index in [4.69, 9.17) is 11.6 Å². The minimum Gasteiger partial charge on any atom is -0.342 e. The molecular weight excluding hydrogens is 384 g/mol. The Labute approximate surface area is 166 Å². The summed E-state index contributed by atoms with van der Waals surface area (Å²) in [4.78, 5) is 14.5. The van der Waals surface area contributed by atoms with Gasteiger partial charge in [0.15, 0.2) is 0 Å². The lowest BCUT2D eigenvalue weighted by atomic mass is 10.2. The number of hydrogen-bond acceptors (Lipinski definition) is 3. The molecule has 0 unspecified atom stereocenters. The average molecular weight is 409 g/mol. The molecule has 27 heavy (non-hydrogen) atoms. The SMILES string of the molecule is CCN(CC)C(=O)CN(c1cccc(Cl)c1C)S(=O)(=O)c1ccc(C)cc1. The molecule has 2 rings (SSSR count). The number of benzene rings is 2. The standard InChI is InChI=1S/C20H25ClN2O3S/c1-5-22(6-2)20(24)14-23(19-9-7-8-18(21)16(19)4)27(25,26)17-12-10-15(3)11-13-17/h7-13H,5-6,14H2,1-4H3. The second kappa shape index (κ2) is 8.76. The summed E-state index contributed by atoms with van der Waals surface area (Å²) in [5.41, 5.74) is 1.98. The minimum atomic E-state index is -3.93. The Bertz CT molecular complexity index is 907. The van der Waals surface area contributed by atoms with Gasteiger partial charge in [-0.05, 0) is 57.5 Å². The fourth-order valence-corrected chi connectivity index (χ4v) is 4.44. The van der Waals surface area contributed by atoms with Crippen LogP contribution in [-0.2, 0) is 14.8 Å². The Balaban J connectivity index is 2.57. The van der Waals surface area contributed by atoms with E-state index >= 15 is 0 Å². The predicted molar refractivity (Wildman–Crippen MR) is 110 cm³/mol. The van der Waals surface area contributed by atoms with Crippen LogP contribution in [0.3, 0.4) is 0 Å². The van der Waals surface area contributed by atoms with Crippen molar-refractivity contribution in [3.8, 4) is 0 Å². The van der Waals surface area contributed by atoms with Gasteiger partial charge >= 0.3 is 0 Å². The van der Waals surface area contributed by atoms with Gasteiger partial charge in [0.25, 0.3) is 10.0 Å². The lowest BCUT2D eigenvalue weighted by Gasteiger charge is -2.28. The number of likely N-dealkylation sites (N-methyl/N-ethyl adjacent to an activating group) is 1. The summed E-state index contributed by atoms with van der Waals surface area (Å²) in [5, 5.41) is 0.451. The molecular formula is C20H25ClN2O3S. The summed E-state index contributed by atoms with van der Waals surface area (Å²) in [5.74, 6) is -0.255. The van der Waals surface area contributed by atoms with E-state index in [-0.39, 0.29) is 17.3 Å². The second-order valence-corrected chi connectivity index (χ2v) is 8.54. The van der Waals surface area contributed by atoms with Crippen LogP contribution in [-0.4, -0.2) is 38.9 Å². The summed E-state index contributed by atoms with van der Waals surface area (Å²) >= 11 is 6.21. The van der Waals surface area contributed by atoms with Gasteiger partial charge in [-0.15, -0.1) is 0 Å². The number of amides is 1. The van der Waals surface area contributed by atoms with Crippen molar-refractivity contribution < 1.29 is 13.2 Å². The van der Waals surface area contributed by atoms with Crippen molar-refractivity contribution >= 4 is 33.2 Å². The maximum absolute atomic E-state index is 13.4. The first-order chi connectivity index (χ1) is 12.7. The summed E-state index contributed by atoms with van der Waals surface area (Å²) in [6, 6.07) is 11.6. The number of anilines is 1. The molecule has 2 aromatic carbocycles. The molecule has 0 atom stereocenters. The maximum Gasteiger partial charge on any atom is 0.264 e. The topological polar surface area (TPSA) is 57.7 Å². The molecule has 146 valence electrons. The van der Waals surface area contributed by atoms with Crippen LogP contribution < -0.4 is 4.31 Å². The van der Waals surface area contributed by atoms with Crippen LogP contribution in [0.25, 0.3) is 0 Å². The fourth-order valence-electron chi connectivity index (χ4n) is 2.80. The summed E-state index contributed by atoms with van der Waals surface area (Å²) < 4.78 is 27.9. The highest BCUT2D eigenvalue weighted by atomic mass is 35.5. The van der Waals surface area contributed by atoms with Gasteiger partial charge in [-0.3, -0.25) is 9.10 Å². The number of hydrogen-bond donors (Lipinski definition) is 0. The number of carbonyl (C=O) groups is 1. The van der Waals surface area contributed by atoms with Crippen molar-refractivity contribution in [1.29, 1.82) is 0 Å². The van der Waals surface area contributed by atoms with E-state index in [0.717, 1.165) is 9.87 Å². The van der Waals surface area contributed by atoms with Crippen molar-refractivity contribution in [2.45, 2.75) is 32.6 Å². The lowest BCUT2D eigenvalue weighted by molar-refractivity contribution is -0.129. The van der Waals surface area contributed by atoms with E-state index in [2.05, 4.69) is 0 Å². The number of sulfonamides is 1. The first kappa shape index (κ1) is 21.3. The van der Waals surface area contributed by atoms with Gasteiger partial charge < -0.3 is 4.90 Å². The molecule has 0 saturated heterocycles. The molecule has 0 bridgehead atoms. The quantitative estimate of drug-likeness (QED) is 0.695. The second-order valence-electron chi connectivity index (χ2n) is 6.27. The largest absolute Gasteiger partial charge is 0.342 e. The molecule has 7 heteroatoms. The first-order valence-corrected chi connectivity index (χ1v) is 10.7. The van der Waals surface area contributed by atoms with Gasteiger partial charge in [0.2, 0.25) is 5.91 Å². The molecule has 0 aliphatic heterocycles. The van der Waals surface area contributed by atoms with E-state index in [1.807, 2.05) is 20.8 Å². The van der Waals surface area contributed by atoms with E-state index in [1.165, 1.54) is 0 Å². The summed E-state index contributed by atoms with van der Waals surface area (Å²) in [6.45, 7) is 8.12. The predicted octanol–water partition coefficient (Wildman–Crippen LogP) is 4.02. The third kappa shape index (κ3) is 4.62. The van der Waals surface area contributed by atoms with Crippen LogP contribution in [0.15, 0.2) is 47.4 Å². The third-order valence-electron chi connectivity index (χ3n) is 4.51.